The highest BCUT2D eigenvalue weighted by atomic mass is 32.2. The second-order valence-electron chi connectivity index (χ2n) is 7.33. The highest BCUT2D eigenvalue weighted by Crippen LogP contribution is 2.10. The molecule has 0 aromatic rings. The Balaban J connectivity index is 3.12. The van der Waals surface area contributed by atoms with E-state index in [-0.39, 0.29) is 5.75 Å². The van der Waals surface area contributed by atoms with Gasteiger partial charge < -0.3 is 5.32 Å². The predicted molar refractivity (Wildman–Crippen MR) is 113 cm³/mol. The van der Waals surface area contributed by atoms with Crippen LogP contribution in [0.25, 0.3) is 0 Å². The molecule has 5 heteroatoms. The Labute approximate surface area is 163 Å². The summed E-state index contributed by atoms with van der Waals surface area (Å²) in [5.74, 6) is -0.194. The van der Waals surface area contributed by atoms with Gasteiger partial charge in [0.1, 0.15) is 0 Å². The maximum atomic E-state index is 10.5. The molecule has 0 aliphatic heterocycles. The van der Waals surface area contributed by atoms with Crippen LogP contribution in [-0.2, 0) is 10.1 Å². The van der Waals surface area contributed by atoms with Crippen molar-refractivity contribution in [2.75, 3.05) is 18.8 Å². The fraction of sp³-hybridized carbons (Fsp3) is 0.905. The van der Waals surface area contributed by atoms with Gasteiger partial charge in [0.25, 0.3) is 10.1 Å². The molecule has 0 aromatic heterocycles. The zero-order valence-electron chi connectivity index (χ0n) is 17.1. The Morgan fingerprint density at radius 1 is 0.692 bits per heavy atom. The van der Waals surface area contributed by atoms with Crippen molar-refractivity contribution in [2.45, 2.75) is 103 Å². The third kappa shape index (κ3) is 23.6. The van der Waals surface area contributed by atoms with Crippen LogP contribution in [0.15, 0.2) is 12.2 Å². The van der Waals surface area contributed by atoms with E-state index in [0.29, 0.717) is 6.54 Å². The Bertz CT molecular complexity index is 407. The SMILES string of the molecule is CCCCCCCCC=CCCCCCCCCCNCCS(=O)(=O)O. The molecule has 0 rings (SSSR count). The molecule has 26 heavy (non-hydrogen) atoms. The van der Waals surface area contributed by atoms with Crippen molar-refractivity contribution in [1.29, 1.82) is 0 Å². The summed E-state index contributed by atoms with van der Waals surface area (Å²) in [6.45, 7) is 3.44. The molecular formula is C21H43NO3S. The molecule has 0 aliphatic carbocycles. The maximum Gasteiger partial charge on any atom is 0.266 e. The van der Waals surface area contributed by atoms with Gasteiger partial charge in [0.2, 0.25) is 0 Å². The van der Waals surface area contributed by atoms with Crippen molar-refractivity contribution in [2.24, 2.45) is 0 Å². The molecule has 2 N–H and O–H groups in total. The van der Waals surface area contributed by atoms with Crippen molar-refractivity contribution in [3.8, 4) is 0 Å². The van der Waals surface area contributed by atoms with Gasteiger partial charge in [0, 0.05) is 6.54 Å². The minimum Gasteiger partial charge on any atom is -0.316 e. The lowest BCUT2D eigenvalue weighted by molar-refractivity contribution is 0.479. The minimum atomic E-state index is -3.82. The molecular weight excluding hydrogens is 346 g/mol. The lowest BCUT2D eigenvalue weighted by Crippen LogP contribution is -2.23. The van der Waals surface area contributed by atoms with Gasteiger partial charge in [-0.25, -0.2) is 0 Å². The summed E-state index contributed by atoms with van der Waals surface area (Å²) in [6, 6.07) is 0. The van der Waals surface area contributed by atoms with Gasteiger partial charge in [-0.05, 0) is 38.6 Å². The molecule has 0 bridgehead atoms. The number of rotatable bonds is 20. The minimum absolute atomic E-state index is 0.194. The van der Waals surface area contributed by atoms with Crippen LogP contribution in [0.4, 0.5) is 0 Å². The largest absolute Gasteiger partial charge is 0.316 e. The third-order valence-electron chi connectivity index (χ3n) is 4.65. The smallest absolute Gasteiger partial charge is 0.266 e. The summed E-state index contributed by atoms with van der Waals surface area (Å²) in [7, 11) is -3.82. The third-order valence-corrected chi connectivity index (χ3v) is 5.37. The summed E-state index contributed by atoms with van der Waals surface area (Å²) < 4.78 is 29.7. The van der Waals surface area contributed by atoms with Gasteiger partial charge in [-0.2, -0.15) is 8.42 Å². The zero-order valence-corrected chi connectivity index (χ0v) is 17.9. The first-order chi connectivity index (χ1) is 12.6. The van der Waals surface area contributed by atoms with E-state index in [1.54, 1.807) is 0 Å². The fourth-order valence-corrected chi connectivity index (χ4v) is 3.40. The Morgan fingerprint density at radius 3 is 1.65 bits per heavy atom. The second-order valence-corrected chi connectivity index (χ2v) is 8.90. The second kappa shape index (κ2) is 19.4. The van der Waals surface area contributed by atoms with Gasteiger partial charge in [0.15, 0.2) is 0 Å². The molecule has 0 amide bonds. The summed E-state index contributed by atoms with van der Waals surface area (Å²) in [6.07, 6.45) is 24.3. The summed E-state index contributed by atoms with van der Waals surface area (Å²) in [5, 5.41) is 3.05. The van der Waals surface area contributed by atoms with Crippen LogP contribution in [0, 0.1) is 0 Å². The molecule has 0 saturated heterocycles. The van der Waals surface area contributed by atoms with Crippen LogP contribution >= 0.6 is 0 Å². The lowest BCUT2D eigenvalue weighted by Gasteiger charge is -2.04. The molecule has 156 valence electrons. The van der Waals surface area contributed by atoms with E-state index in [0.717, 1.165) is 13.0 Å². The van der Waals surface area contributed by atoms with Crippen molar-refractivity contribution in [3.05, 3.63) is 12.2 Å². The normalized spacial score (nSPS) is 12.2. The zero-order chi connectivity index (χ0) is 19.3. The van der Waals surface area contributed by atoms with Gasteiger partial charge in [-0.15, -0.1) is 0 Å². The molecule has 0 heterocycles. The average molecular weight is 390 g/mol. The molecule has 0 unspecified atom stereocenters. The molecule has 0 fully saturated rings. The Hall–Kier alpha value is -0.390. The molecule has 0 saturated carbocycles. The molecule has 0 atom stereocenters. The fourth-order valence-electron chi connectivity index (χ4n) is 3.00. The topological polar surface area (TPSA) is 66.4 Å². The molecule has 0 spiro atoms. The van der Waals surface area contributed by atoms with Gasteiger partial charge in [-0.3, -0.25) is 4.55 Å². The molecule has 0 aliphatic rings. The van der Waals surface area contributed by atoms with E-state index in [1.165, 1.54) is 89.9 Å². The highest BCUT2D eigenvalue weighted by molar-refractivity contribution is 7.85. The van der Waals surface area contributed by atoms with E-state index in [4.69, 9.17) is 4.55 Å². The molecule has 0 radical (unpaired) electrons. The van der Waals surface area contributed by atoms with Crippen molar-refractivity contribution in [1.82, 2.24) is 5.32 Å². The lowest BCUT2D eigenvalue weighted by atomic mass is 10.1. The summed E-state index contributed by atoms with van der Waals surface area (Å²) >= 11 is 0. The quantitative estimate of drug-likeness (QED) is 0.155. The molecule has 0 aromatic carbocycles. The van der Waals surface area contributed by atoms with Crippen LogP contribution in [0.3, 0.4) is 0 Å². The van der Waals surface area contributed by atoms with Crippen LogP contribution in [-0.4, -0.2) is 31.8 Å². The molecule has 4 nitrogen and oxygen atoms in total. The van der Waals surface area contributed by atoms with Crippen LogP contribution in [0.1, 0.15) is 103 Å². The first kappa shape index (κ1) is 25.6. The maximum absolute atomic E-state index is 10.5. The van der Waals surface area contributed by atoms with E-state index in [2.05, 4.69) is 24.4 Å². The Kier molecular flexibility index (Phi) is 19.1. The van der Waals surface area contributed by atoms with E-state index < -0.39 is 10.1 Å². The van der Waals surface area contributed by atoms with Crippen molar-refractivity contribution < 1.29 is 13.0 Å². The number of nitrogens with one attached hydrogen (secondary N) is 1. The summed E-state index contributed by atoms with van der Waals surface area (Å²) in [5.41, 5.74) is 0. The highest BCUT2D eigenvalue weighted by Gasteiger charge is 2.02. The number of hydrogen-bond acceptors (Lipinski definition) is 3. The monoisotopic (exact) mass is 389 g/mol. The number of allylic oxidation sites excluding steroid dienone is 2. The average Bonchev–Trinajstić information content (AvgIpc) is 2.59. The van der Waals surface area contributed by atoms with E-state index in [9.17, 15) is 8.42 Å². The Morgan fingerprint density at radius 2 is 1.15 bits per heavy atom. The van der Waals surface area contributed by atoms with Gasteiger partial charge in [-0.1, -0.05) is 83.3 Å². The van der Waals surface area contributed by atoms with E-state index >= 15 is 0 Å². The van der Waals surface area contributed by atoms with Gasteiger partial charge in [0.05, 0.1) is 5.75 Å². The standard InChI is InChI=1S/C21H43NO3S/c1-2-3-4-5-6-7-8-9-10-11-12-13-14-15-16-17-18-19-22-20-21-26(23,24)25/h9-10,22H,2-8,11-21H2,1H3,(H,23,24,25). The van der Waals surface area contributed by atoms with Crippen LogP contribution in [0.5, 0.6) is 0 Å². The first-order valence-electron chi connectivity index (χ1n) is 10.9. The first-order valence-corrected chi connectivity index (χ1v) is 12.5. The van der Waals surface area contributed by atoms with Crippen molar-refractivity contribution >= 4 is 10.1 Å². The number of unbranched alkanes of at least 4 members (excludes halogenated alkanes) is 13. The van der Waals surface area contributed by atoms with Crippen LogP contribution < -0.4 is 5.32 Å². The van der Waals surface area contributed by atoms with Crippen LogP contribution in [0.2, 0.25) is 0 Å². The van der Waals surface area contributed by atoms with E-state index in [1.807, 2.05) is 0 Å². The summed E-state index contributed by atoms with van der Waals surface area (Å²) in [4.78, 5) is 0. The van der Waals surface area contributed by atoms with Crippen molar-refractivity contribution in [3.63, 3.8) is 0 Å². The van der Waals surface area contributed by atoms with Gasteiger partial charge >= 0.3 is 0 Å². The number of hydrogen-bond donors (Lipinski definition) is 2. The predicted octanol–water partition coefficient (Wildman–Crippen LogP) is 5.89.